The minimum atomic E-state index is -0.123. The van der Waals surface area contributed by atoms with Gasteiger partial charge in [-0.1, -0.05) is 22.4 Å². The van der Waals surface area contributed by atoms with Gasteiger partial charge in [0.1, 0.15) is 11.8 Å². The highest BCUT2D eigenvalue weighted by molar-refractivity contribution is 5.86. The Balaban J connectivity index is 1.27. The molecule has 3 heterocycles. The first-order chi connectivity index (χ1) is 12.3. The number of carbonyl (C=O) groups is 1. The van der Waals surface area contributed by atoms with Gasteiger partial charge in [-0.2, -0.15) is 4.98 Å². The molecule has 0 unspecified atom stereocenters. The highest BCUT2D eigenvalue weighted by Crippen LogP contribution is 2.26. The first kappa shape index (κ1) is 15.8. The van der Waals surface area contributed by atoms with E-state index in [1.54, 1.807) is 0 Å². The topological polar surface area (TPSA) is 103 Å². The van der Waals surface area contributed by atoms with Crippen molar-refractivity contribution in [2.75, 3.05) is 13.2 Å². The average molecular weight is 342 g/mol. The van der Waals surface area contributed by atoms with E-state index in [1.807, 2.05) is 24.3 Å². The Hall–Kier alpha value is -2.74. The van der Waals surface area contributed by atoms with Crippen LogP contribution in [0.2, 0.25) is 0 Å². The largest absolute Gasteiger partial charge is 0.368 e. The quantitative estimate of drug-likeness (QED) is 0.730. The van der Waals surface area contributed by atoms with E-state index in [1.165, 1.54) is 0 Å². The van der Waals surface area contributed by atoms with Crippen LogP contribution in [0.5, 0.6) is 0 Å². The van der Waals surface area contributed by atoms with Crippen LogP contribution in [0, 0.1) is 0 Å². The van der Waals surface area contributed by atoms with Gasteiger partial charge in [0, 0.05) is 25.0 Å². The van der Waals surface area contributed by atoms with E-state index in [0.717, 1.165) is 24.8 Å². The van der Waals surface area contributed by atoms with Crippen molar-refractivity contribution in [2.45, 2.75) is 31.8 Å². The standard InChI is InChI=1S/C17H18N4O4/c22-16(10-12-11-4-1-2-5-13(11)24-20-12)18-8-7-15-19-17(25-21-15)14-6-3-9-23-14/h1-2,4-5,14H,3,6-10H2,(H,18,22)/t14-/m0/s1. The lowest BCUT2D eigenvalue weighted by atomic mass is 10.1. The molecule has 1 atom stereocenters. The zero-order valence-electron chi connectivity index (χ0n) is 13.6. The van der Waals surface area contributed by atoms with Gasteiger partial charge < -0.3 is 19.1 Å². The summed E-state index contributed by atoms with van der Waals surface area (Å²) >= 11 is 0. The average Bonchev–Trinajstić information content (AvgIpc) is 3.35. The molecule has 1 aliphatic heterocycles. The van der Waals surface area contributed by atoms with Crippen molar-refractivity contribution in [3.8, 4) is 0 Å². The Morgan fingerprint density at radius 2 is 2.16 bits per heavy atom. The molecule has 3 aromatic rings. The fourth-order valence-corrected chi connectivity index (χ4v) is 2.87. The maximum Gasteiger partial charge on any atom is 0.255 e. The van der Waals surface area contributed by atoms with E-state index in [4.69, 9.17) is 13.8 Å². The Morgan fingerprint density at radius 3 is 3.04 bits per heavy atom. The molecule has 1 amide bonds. The van der Waals surface area contributed by atoms with Crippen LogP contribution in [-0.4, -0.2) is 34.4 Å². The Bertz CT molecular complexity index is 866. The van der Waals surface area contributed by atoms with Gasteiger partial charge in [-0.15, -0.1) is 0 Å². The smallest absolute Gasteiger partial charge is 0.255 e. The number of amides is 1. The molecular formula is C17H18N4O4. The number of ether oxygens (including phenoxy) is 1. The predicted octanol–water partition coefficient (Wildman–Crippen LogP) is 1.96. The van der Waals surface area contributed by atoms with Crippen molar-refractivity contribution >= 4 is 16.9 Å². The highest BCUT2D eigenvalue weighted by Gasteiger charge is 2.23. The number of nitrogens with zero attached hydrogens (tertiary/aromatic N) is 3. The summed E-state index contributed by atoms with van der Waals surface area (Å²) in [4.78, 5) is 16.4. The molecule has 2 aromatic heterocycles. The van der Waals surface area contributed by atoms with Crippen LogP contribution < -0.4 is 5.32 Å². The minimum absolute atomic E-state index is 0.0868. The van der Waals surface area contributed by atoms with E-state index in [9.17, 15) is 4.79 Å². The first-order valence-corrected chi connectivity index (χ1v) is 8.33. The summed E-state index contributed by atoms with van der Waals surface area (Å²) in [6.45, 7) is 1.16. The SMILES string of the molecule is O=C(Cc1noc2ccccc12)NCCc1noc([C@@H]2CCCO2)n1. The number of benzene rings is 1. The number of hydrogen-bond acceptors (Lipinski definition) is 7. The Morgan fingerprint density at radius 1 is 1.24 bits per heavy atom. The second-order valence-electron chi connectivity index (χ2n) is 5.95. The van der Waals surface area contributed by atoms with Gasteiger partial charge in [0.15, 0.2) is 11.4 Å². The van der Waals surface area contributed by atoms with E-state index >= 15 is 0 Å². The summed E-state index contributed by atoms with van der Waals surface area (Å²) < 4.78 is 15.9. The van der Waals surface area contributed by atoms with Gasteiger partial charge in [-0.05, 0) is 25.0 Å². The third-order valence-electron chi connectivity index (χ3n) is 4.14. The molecule has 0 saturated carbocycles. The van der Waals surface area contributed by atoms with Gasteiger partial charge in [0.05, 0.1) is 6.42 Å². The molecule has 0 radical (unpaired) electrons. The van der Waals surface area contributed by atoms with Crippen LogP contribution in [0.4, 0.5) is 0 Å². The first-order valence-electron chi connectivity index (χ1n) is 8.33. The fraction of sp³-hybridized carbons (Fsp3) is 0.412. The molecule has 1 saturated heterocycles. The van der Waals surface area contributed by atoms with Crippen molar-refractivity contribution in [3.63, 3.8) is 0 Å². The zero-order valence-corrected chi connectivity index (χ0v) is 13.6. The summed E-state index contributed by atoms with van der Waals surface area (Å²) in [5.41, 5.74) is 1.31. The summed E-state index contributed by atoms with van der Waals surface area (Å²) in [5, 5.41) is 11.6. The molecule has 130 valence electrons. The summed E-state index contributed by atoms with van der Waals surface area (Å²) in [6.07, 6.45) is 2.50. The number of carbonyl (C=O) groups excluding carboxylic acids is 1. The van der Waals surface area contributed by atoms with Crippen LogP contribution in [0.15, 0.2) is 33.3 Å². The van der Waals surface area contributed by atoms with Crippen LogP contribution in [0.25, 0.3) is 11.0 Å². The molecule has 4 rings (SSSR count). The third kappa shape index (κ3) is 3.53. The Labute approximate surface area is 143 Å². The van der Waals surface area contributed by atoms with Crippen LogP contribution >= 0.6 is 0 Å². The Kier molecular flexibility index (Phi) is 4.43. The second kappa shape index (κ2) is 7.02. The summed E-state index contributed by atoms with van der Waals surface area (Å²) in [5.74, 6) is 0.965. The lowest BCUT2D eigenvalue weighted by molar-refractivity contribution is -0.120. The van der Waals surface area contributed by atoms with Crippen LogP contribution in [-0.2, 0) is 22.4 Å². The molecule has 1 fully saturated rings. The van der Waals surface area contributed by atoms with Crippen molar-refractivity contribution in [2.24, 2.45) is 0 Å². The number of rotatable bonds is 6. The van der Waals surface area contributed by atoms with Crippen molar-refractivity contribution in [3.05, 3.63) is 41.7 Å². The predicted molar refractivity (Wildman–Crippen MR) is 86.7 cm³/mol. The van der Waals surface area contributed by atoms with Gasteiger partial charge in [0.2, 0.25) is 5.91 Å². The van der Waals surface area contributed by atoms with Crippen molar-refractivity contribution in [1.29, 1.82) is 0 Å². The normalized spacial score (nSPS) is 17.2. The zero-order chi connectivity index (χ0) is 17.1. The van der Waals surface area contributed by atoms with E-state index in [0.29, 0.717) is 36.0 Å². The number of fused-ring (bicyclic) bond motifs is 1. The molecule has 8 heteroatoms. The molecular weight excluding hydrogens is 324 g/mol. The van der Waals surface area contributed by atoms with E-state index < -0.39 is 0 Å². The lowest BCUT2D eigenvalue weighted by Crippen LogP contribution is -2.27. The van der Waals surface area contributed by atoms with Gasteiger partial charge in [0.25, 0.3) is 5.89 Å². The summed E-state index contributed by atoms with van der Waals surface area (Å²) in [7, 11) is 0. The molecule has 1 aliphatic rings. The fourth-order valence-electron chi connectivity index (χ4n) is 2.87. The highest BCUT2D eigenvalue weighted by atomic mass is 16.5. The molecule has 1 aromatic carbocycles. The molecule has 8 nitrogen and oxygen atoms in total. The van der Waals surface area contributed by atoms with Gasteiger partial charge >= 0.3 is 0 Å². The third-order valence-corrected chi connectivity index (χ3v) is 4.14. The molecule has 1 N–H and O–H groups in total. The number of aromatic nitrogens is 3. The number of para-hydroxylation sites is 1. The molecule has 0 spiro atoms. The minimum Gasteiger partial charge on any atom is -0.368 e. The van der Waals surface area contributed by atoms with Gasteiger partial charge in [-0.25, -0.2) is 0 Å². The molecule has 25 heavy (non-hydrogen) atoms. The number of nitrogens with one attached hydrogen (secondary N) is 1. The maximum atomic E-state index is 12.1. The van der Waals surface area contributed by atoms with E-state index in [-0.39, 0.29) is 18.4 Å². The van der Waals surface area contributed by atoms with E-state index in [2.05, 4.69) is 20.6 Å². The molecule has 0 aliphatic carbocycles. The number of hydrogen-bond donors (Lipinski definition) is 1. The van der Waals surface area contributed by atoms with Gasteiger partial charge in [-0.3, -0.25) is 4.79 Å². The molecule has 0 bridgehead atoms. The summed E-state index contributed by atoms with van der Waals surface area (Å²) in [6, 6.07) is 7.47. The van der Waals surface area contributed by atoms with Crippen LogP contribution in [0.1, 0.15) is 36.4 Å². The lowest BCUT2D eigenvalue weighted by Gasteiger charge is -2.02. The van der Waals surface area contributed by atoms with Crippen molar-refractivity contribution < 1.29 is 18.6 Å². The second-order valence-corrected chi connectivity index (χ2v) is 5.95. The van der Waals surface area contributed by atoms with Crippen molar-refractivity contribution in [1.82, 2.24) is 20.6 Å². The maximum absolute atomic E-state index is 12.1. The monoisotopic (exact) mass is 342 g/mol. The van der Waals surface area contributed by atoms with Crippen LogP contribution in [0.3, 0.4) is 0 Å².